The molecule has 18 heavy (non-hydrogen) atoms. The zero-order chi connectivity index (χ0) is 13.0. The SMILES string of the molecule is CNC(CCC1CCCCO1)c1cc(Cl)c(Br)s1. The van der Waals surface area contributed by atoms with Crippen molar-refractivity contribution in [2.24, 2.45) is 0 Å². The first-order valence-electron chi connectivity index (χ1n) is 6.44. The minimum atomic E-state index is 0.379. The lowest BCUT2D eigenvalue weighted by molar-refractivity contribution is 0.00871. The van der Waals surface area contributed by atoms with Gasteiger partial charge in [-0.05, 0) is 61.1 Å². The van der Waals surface area contributed by atoms with Crippen LogP contribution in [0.2, 0.25) is 5.02 Å². The van der Waals surface area contributed by atoms with E-state index in [4.69, 9.17) is 16.3 Å². The maximum atomic E-state index is 6.09. The molecule has 5 heteroatoms. The van der Waals surface area contributed by atoms with Crippen molar-refractivity contribution in [3.8, 4) is 0 Å². The second-order valence-corrected chi connectivity index (χ2v) is 7.49. The van der Waals surface area contributed by atoms with Crippen LogP contribution in [0.15, 0.2) is 9.85 Å². The predicted octanol–water partition coefficient (Wildman–Crippen LogP) is 4.77. The number of nitrogens with one attached hydrogen (secondary N) is 1. The van der Waals surface area contributed by atoms with Crippen molar-refractivity contribution in [2.75, 3.05) is 13.7 Å². The zero-order valence-corrected chi connectivity index (χ0v) is 13.7. The lowest BCUT2D eigenvalue weighted by Crippen LogP contribution is -2.22. The summed E-state index contributed by atoms with van der Waals surface area (Å²) in [6, 6.07) is 2.43. The lowest BCUT2D eigenvalue weighted by atomic mass is 10.0. The fourth-order valence-electron chi connectivity index (χ4n) is 2.35. The molecule has 1 N–H and O–H groups in total. The van der Waals surface area contributed by atoms with Crippen LogP contribution in [0, 0.1) is 0 Å². The third-order valence-electron chi connectivity index (χ3n) is 3.41. The maximum Gasteiger partial charge on any atom is 0.0887 e. The molecule has 0 spiro atoms. The Morgan fingerprint density at radius 1 is 1.61 bits per heavy atom. The van der Waals surface area contributed by atoms with Gasteiger partial charge >= 0.3 is 0 Å². The summed E-state index contributed by atoms with van der Waals surface area (Å²) >= 11 is 11.3. The molecule has 2 nitrogen and oxygen atoms in total. The Bertz CT molecular complexity index is 360. The second kappa shape index (κ2) is 7.25. The van der Waals surface area contributed by atoms with E-state index in [1.165, 1.54) is 24.1 Å². The van der Waals surface area contributed by atoms with E-state index in [1.54, 1.807) is 11.3 Å². The number of thiophene rings is 1. The van der Waals surface area contributed by atoms with E-state index in [0.29, 0.717) is 12.1 Å². The van der Waals surface area contributed by atoms with E-state index in [-0.39, 0.29) is 0 Å². The van der Waals surface area contributed by atoms with Crippen LogP contribution in [0.1, 0.15) is 43.0 Å². The van der Waals surface area contributed by atoms with E-state index in [9.17, 15) is 0 Å². The van der Waals surface area contributed by atoms with Crippen LogP contribution in [0.5, 0.6) is 0 Å². The van der Waals surface area contributed by atoms with Crippen LogP contribution < -0.4 is 5.32 Å². The molecule has 1 aliphatic heterocycles. The van der Waals surface area contributed by atoms with Gasteiger partial charge in [0.15, 0.2) is 0 Å². The largest absolute Gasteiger partial charge is 0.378 e. The van der Waals surface area contributed by atoms with Gasteiger partial charge in [0.05, 0.1) is 14.9 Å². The van der Waals surface area contributed by atoms with E-state index in [1.807, 2.05) is 7.05 Å². The molecular weight excluding hydrogens is 334 g/mol. The van der Waals surface area contributed by atoms with E-state index < -0.39 is 0 Å². The first-order valence-corrected chi connectivity index (χ1v) is 8.43. The first kappa shape index (κ1) is 14.8. The summed E-state index contributed by atoms with van der Waals surface area (Å²) in [5.41, 5.74) is 0. The molecule has 1 aromatic rings. The summed E-state index contributed by atoms with van der Waals surface area (Å²) in [6.07, 6.45) is 6.42. The highest BCUT2D eigenvalue weighted by Crippen LogP contribution is 2.36. The average Bonchev–Trinajstić information content (AvgIpc) is 2.71. The predicted molar refractivity (Wildman–Crippen MR) is 81.7 cm³/mol. The second-order valence-electron chi connectivity index (χ2n) is 4.68. The third kappa shape index (κ3) is 3.94. The molecule has 0 aromatic carbocycles. The topological polar surface area (TPSA) is 21.3 Å². The van der Waals surface area contributed by atoms with Gasteiger partial charge in [0.1, 0.15) is 0 Å². The molecule has 102 valence electrons. The highest BCUT2D eigenvalue weighted by molar-refractivity contribution is 9.11. The fourth-order valence-corrected chi connectivity index (χ4v) is 4.24. The molecular formula is C13H19BrClNOS. The van der Waals surface area contributed by atoms with Crippen LogP contribution in [0.3, 0.4) is 0 Å². The van der Waals surface area contributed by atoms with Gasteiger partial charge < -0.3 is 10.1 Å². The Hall–Kier alpha value is 0.390. The number of hydrogen-bond donors (Lipinski definition) is 1. The van der Waals surface area contributed by atoms with Gasteiger partial charge in [-0.1, -0.05) is 11.6 Å². The Morgan fingerprint density at radius 2 is 2.44 bits per heavy atom. The van der Waals surface area contributed by atoms with Crippen molar-refractivity contribution in [1.82, 2.24) is 5.32 Å². The Labute approximate surface area is 126 Å². The molecule has 0 amide bonds. The molecule has 0 radical (unpaired) electrons. The van der Waals surface area contributed by atoms with Crippen molar-refractivity contribution in [1.29, 1.82) is 0 Å². The molecule has 2 rings (SSSR count). The number of ether oxygens (including phenoxy) is 1. The zero-order valence-electron chi connectivity index (χ0n) is 10.5. The molecule has 0 saturated carbocycles. The first-order chi connectivity index (χ1) is 8.70. The van der Waals surface area contributed by atoms with E-state index in [2.05, 4.69) is 27.3 Å². The monoisotopic (exact) mass is 351 g/mol. The minimum Gasteiger partial charge on any atom is -0.378 e. The molecule has 0 bridgehead atoms. The van der Waals surface area contributed by atoms with Crippen molar-refractivity contribution < 1.29 is 4.74 Å². The summed E-state index contributed by atoms with van der Waals surface area (Å²) in [7, 11) is 2.01. The van der Waals surface area contributed by atoms with Crippen LogP contribution in [-0.2, 0) is 4.74 Å². The van der Waals surface area contributed by atoms with E-state index >= 15 is 0 Å². The average molecular weight is 353 g/mol. The van der Waals surface area contributed by atoms with Crippen LogP contribution >= 0.6 is 38.9 Å². The summed E-state index contributed by atoms with van der Waals surface area (Å²) < 4.78 is 6.80. The number of hydrogen-bond acceptors (Lipinski definition) is 3. The van der Waals surface area contributed by atoms with Gasteiger partial charge in [-0.2, -0.15) is 0 Å². The van der Waals surface area contributed by atoms with Crippen LogP contribution in [-0.4, -0.2) is 19.8 Å². The Balaban J connectivity index is 1.88. The molecule has 2 atom stereocenters. The molecule has 2 heterocycles. The van der Waals surface area contributed by atoms with Crippen molar-refractivity contribution in [2.45, 2.75) is 44.2 Å². The van der Waals surface area contributed by atoms with Gasteiger partial charge in [-0.3, -0.25) is 0 Å². The van der Waals surface area contributed by atoms with Gasteiger partial charge in [0.25, 0.3) is 0 Å². The Morgan fingerprint density at radius 3 is 3.00 bits per heavy atom. The molecule has 1 fully saturated rings. The van der Waals surface area contributed by atoms with Crippen molar-refractivity contribution in [3.05, 3.63) is 19.8 Å². The maximum absolute atomic E-state index is 6.09. The summed E-state index contributed by atoms with van der Waals surface area (Å²) in [5, 5.41) is 4.18. The van der Waals surface area contributed by atoms with Gasteiger partial charge in [-0.25, -0.2) is 0 Å². The smallest absolute Gasteiger partial charge is 0.0887 e. The summed E-state index contributed by atoms with van der Waals surface area (Å²) in [6.45, 7) is 0.936. The lowest BCUT2D eigenvalue weighted by Gasteiger charge is -2.24. The molecule has 2 unspecified atom stereocenters. The van der Waals surface area contributed by atoms with Crippen molar-refractivity contribution in [3.63, 3.8) is 0 Å². The van der Waals surface area contributed by atoms with Gasteiger partial charge in [0, 0.05) is 17.5 Å². The Kier molecular flexibility index (Phi) is 5.96. The van der Waals surface area contributed by atoms with E-state index in [0.717, 1.165) is 28.3 Å². The van der Waals surface area contributed by atoms with Gasteiger partial charge in [-0.15, -0.1) is 11.3 Å². The minimum absolute atomic E-state index is 0.379. The summed E-state index contributed by atoms with van der Waals surface area (Å²) in [4.78, 5) is 1.30. The summed E-state index contributed by atoms with van der Waals surface area (Å²) in [5.74, 6) is 0. The highest BCUT2D eigenvalue weighted by atomic mass is 79.9. The molecule has 1 saturated heterocycles. The standard InChI is InChI=1S/C13H19BrClNOS/c1-16-11(12-8-10(15)13(14)18-12)6-5-9-4-2-3-7-17-9/h8-9,11,16H,2-7H2,1H3. The van der Waals surface area contributed by atoms with Gasteiger partial charge in [0.2, 0.25) is 0 Å². The number of halogens is 2. The number of rotatable bonds is 5. The van der Waals surface area contributed by atoms with Crippen molar-refractivity contribution >= 4 is 38.9 Å². The molecule has 1 aliphatic rings. The molecule has 0 aliphatic carbocycles. The van der Waals surface area contributed by atoms with Crippen LogP contribution in [0.4, 0.5) is 0 Å². The fraction of sp³-hybridized carbons (Fsp3) is 0.692. The molecule has 1 aromatic heterocycles. The quantitative estimate of drug-likeness (QED) is 0.824. The highest BCUT2D eigenvalue weighted by Gasteiger charge is 2.18. The van der Waals surface area contributed by atoms with Crippen LogP contribution in [0.25, 0.3) is 0 Å². The third-order valence-corrected chi connectivity index (χ3v) is 6.00. The normalized spacial score (nSPS) is 22.1.